The lowest BCUT2D eigenvalue weighted by atomic mass is 10.1. The summed E-state index contributed by atoms with van der Waals surface area (Å²) >= 11 is 0. The van der Waals surface area contributed by atoms with Crippen molar-refractivity contribution in [1.29, 1.82) is 0 Å². The molecule has 0 aliphatic heterocycles. The molecule has 0 fully saturated rings. The smallest absolute Gasteiger partial charge is 0.351 e. The van der Waals surface area contributed by atoms with Crippen LogP contribution in [-0.4, -0.2) is 17.0 Å². The standard InChI is InChI=1S/C20H16F3N3O3/c1-11-6-7-15(25-19(28)17-8-12(2)26-29-17)10-16(11)18(27)24-14-5-3-4-13(9-14)20(21,22)23/h3-10H,1-2H3,(H,24,27)(H,25,28). The number of nitrogens with zero attached hydrogens (tertiary/aromatic N) is 1. The van der Waals surface area contributed by atoms with Gasteiger partial charge in [0.05, 0.1) is 11.3 Å². The van der Waals surface area contributed by atoms with Crippen molar-refractivity contribution in [3.63, 3.8) is 0 Å². The van der Waals surface area contributed by atoms with Gasteiger partial charge in [0.25, 0.3) is 11.8 Å². The van der Waals surface area contributed by atoms with Gasteiger partial charge in [0.1, 0.15) is 0 Å². The lowest BCUT2D eigenvalue weighted by Crippen LogP contribution is -2.16. The molecule has 0 spiro atoms. The Labute approximate surface area is 163 Å². The van der Waals surface area contributed by atoms with E-state index in [9.17, 15) is 22.8 Å². The summed E-state index contributed by atoms with van der Waals surface area (Å²) < 4.78 is 43.4. The summed E-state index contributed by atoms with van der Waals surface area (Å²) in [6, 6.07) is 10.4. The van der Waals surface area contributed by atoms with Crippen LogP contribution in [0.2, 0.25) is 0 Å². The molecule has 9 heteroatoms. The second-order valence-corrected chi connectivity index (χ2v) is 6.35. The molecule has 29 heavy (non-hydrogen) atoms. The molecule has 2 amide bonds. The Morgan fingerprint density at radius 3 is 2.28 bits per heavy atom. The van der Waals surface area contributed by atoms with Crippen LogP contribution in [0.25, 0.3) is 0 Å². The lowest BCUT2D eigenvalue weighted by Gasteiger charge is -2.12. The van der Waals surface area contributed by atoms with E-state index in [-0.39, 0.29) is 17.0 Å². The number of hydrogen-bond acceptors (Lipinski definition) is 4. The third-order valence-corrected chi connectivity index (χ3v) is 4.04. The Kier molecular flexibility index (Phi) is 5.40. The van der Waals surface area contributed by atoms with E-state index in [1.165, 1.54) is 24.3 Å². The van der Waals surface area contributed by atoms with E-state index in [4.69, 9.17) is 4.52 Å². The van der Waals surface area contributed by atoms with Crippen LogP contribution in [0, 0.1) is 13.8 Å². The largest absolute Gasteiger partial charge is 0.416 e. The molecule has 0 radical (unpaired) electrons. The molecular formula is C20H16F3N3O3. The first-order valence-corrected chi connectivity index (χ1v) is 8.47. The number of benzene rings is 2. The van der Waals surface area contributed by atoms with Crippen molar-refractivity contribution in [2.45, 2.75) is 20.0 Å². The summed E-state index contributed by atoms with van der Waals surface area (Å²) in [5.41, 5.74) is 0.798. The monoisotopic (exact) mass is 403 g/mol. The minimum atomic E-state index is -4.51. The molecule has 0 aliphatic carbocycles. The molecule has 3 aromatic rings. The predicted octanol–water partition coefficient (Wildman–Crippen LogP) is 4.81. The highest BCUT2D eigenvalue weighted by Gasteiger charge is 2.30. The molecule has 1 aromatic heterocycles. The maximum atomic E-state index is 12.8. The average Bonchev–Trinajstić information content (AvgIpc) is 3.09. The third kappa shape index (κ3) is 4.81. The Balaban J connectivity index is 1.79. The van der Waals surface area contributed by atoms with E-state index < -0.39 is 23.6 Å². The fraction of sp³-hybridized carbons (Fsp3) is 0.150. The third-order valence-electron chi connectivity index (χ3n) is 4.04. The quantitative estimate of drug-likeness (QED) is 0.655. The summed E-state index contributed by atoms with van der Waals surface area (Å²) in [7, 11) is 0. The second kappa shape index (κ2) is 7.78. The molecule has 0 atom stereocenters. The van der Waals surface area contributed by atoms with Crippen molar-refractivity contribution < 1.29 is 27.3 Å². The number of rotatable bonds is 4. The molecule has 0 saturated carbocycles. The van der Waals surface area contributed by atoms with E-state index in [0.29, 0.717) is 16.9 Å². The molecular weight excluding hydrogens is 387 g/mol. The number of amides is 2. The molecule has 0 saturated heterocycles. The molecule has 1 heterocycles. The first-order chi connectivity index (χ1) is 13.6. The van der Waals surface area contributed by atoms with Crippen LogP contribution in [0.4, 0.5) is 24.5 Å². The topological polar surface area (TPSA) is 84.2 Å². The minimum absolute atomic E-state index is 0.01000. The van der Waals surface area contributed by atoms with Crippen molar-refractivity contribution in [2.24, 2.45) is 0 Å². The van der Waals surface area contributed by atoms with Gasteiger partial charge in [0, 0.05) is 23.0 Å². The highest BCUT2D eigenvalue weighted by molar-refractivity contribution is 6.07. The Morgan fingerprint density at radius 2 is 1.62 bits per heavy atom. The summed E-state index contributed by atoms with van der Waals surface area (Å²) in [6.45, 7) is 3.34. The zero-order valence-corrected chi connectivity index (χ0v) is 15.4. The number of aromatic nitrogens is 1. The number of carbonyl (C=O) groups excluding carboxylic acids is 2. The number of aryl methyl sites for hydroxylation is 2. The van der Waals surface area contributed by atoms with Crippen LogP contribution >= 0.6 is 0 Å². The van der Waals surface area contributed by atoms with Gasteiger partial charge < -0.3 is 15.2 Å². The van der Waals surface area contributed by atoms with Gasteiger partial charge in [-0.2, -0.15) is 13.2 Å². The molecule has 2 aromatic carbocycles. The normalized spacial score (nSPS) is 11.2. The van der Waals surface area contributed by atoms with Gasteiger partial charge in [0.2, 0.25) is 5.76 Å². The van der Waals surface area contributed by atoms with Gasteiger partial charge in [-0.15, -0.1) is 0 Å². The molecule has 0 bridgehead atoms. The average molecular weight is 403 g/mol. The molecule has 3 rings (SSSR count). The van der Waals surface area contributed by atoms with E-state index in [1.807, 2.05) is 0 Å². The minimum Gasteiger partial charge on any atom is -0.351 e. The van der Waals surface area contributed by atoms with Crippen molar-refractivity contribution in [3.8, 4) is 0 Å². The number of anilines is 2. The first-order valence-electron chi connectivity index (χ1n) is 8.47. The van der Waals surface area contributed by atoms with E-state index in [1.54, 1.807) is 26.0 Å². The van der Waals surface area contributed by atoms with E-state index >= 15 is 0 Å². The summed E-state index contributed by atoms with van der Waals surface area (Å²) in [5.74, 6) is -1.13. The van der Waals surface area contributed by atoms with Crippen molar-refractivity contribution in [3.05, 3.63) is 76.7 Å². The van der Waals surface area contributed by atoms with Gasteiger partial charge in [-0.3, -0.25) is 9.59 Å². The number of carbonyl (C=O) groups is 2. The molecule has 0 aliphatic rings. The van der Waals surface area contributed by atoms with Crippen LogP contribution < -0.4 is 10.6 Å². The molecule has 0 unspecified atom stereocenters. The lowest BCUT2D eigenvalue weighted by molar-refractivity contribution is -0.137. The summed E-state index contributed by atoms with van der Waals surface area (Å²) in [4.78, 5) is 24.7. The highest BCUT2D eigenvalue weighted by atomic mass is 19.4. The van der Waals surface area contributed by atoms with Gasteiger partial charge in [-0.1, -0.05) is 17.3 Å². The molecule has 150 valence electrons. The van der Waals surface area contributed by atoms with Crippen LogP contribution in [0.1, 0.15) is 37.7 Å². The number of halogens is 3. The van der Waals surface area contributed by atoms with Gasteiger partial charge >= 0.3 is 6.18 Å². The van der Waals surface area contributed by atoms with Crippen LogP contribution in [-0.2, 0) is 6.18 Å². The highest BCUT2D eigenvalue weighted by Crippen LogP contribution is 2.31. The first kappa shape index (κ1) is 20.1. The van der Waals surface area contributed by atoms with Crippen molar-refractivity contribution in [1.82, 2.24) is 5.16 Å². The van der Waals surface area contributed by atoms with Crippen molar-refractivity contribution >= 4 is 23.2 Å². The number of hydrogen-bond donors (Lipinski definition) is 2. The van der Waals surface area contributed by atoms with Crippen molar-refractivity contribution in [2.75, 3.05) is 10.6 Å². The summed E-state index contributed by atoms with van der Waals surface area (Å²) in [5, 5.41) is 8.66. The molecule has 6 nitrogen and oxygen atoms in total. The summed E-state index contributed by atoms with van der Waals surface area (Å²) in [6.07, 6.45) is -4.51. The fourth-order valence-corrected chi connectivity index (χ4v) is 2.58. The van der Waals surface area contributed by atoms with Gasteiger partial charge in [-0.25, -0.2) is 0 Å². The Morgan fingerprint density at radius 1 is 0.931 bits per heavy atom. The zero-order chi connectivity index (χ0) is 21.2. The van der Waals surface area contributed by atoms with Gasteiger partial charge in [-0.05, 0) is 49.7 Å². The fourth-order valence-electron chi connectivity index (χ4n) is 2.58. The Bertz CT molecular complexity index is 1070. The van der Waals surface area contributed by atoms with Crippen LogP contribution in [0.15, 0.2) is 53.1 Å². The Hall–Kier alpha value is -3.62. The second-order valence-electron chi connectivity index (χ2n) is 6.35. The maximum absolute atomic E-state index is 12.8. The van der Waals surface area contributed by atoms with E-state index in [2.05, 4.69) is 15.8 Å². The van der Waals surface area contributed by atoms with Crippen LogP contribution in [0.3, 0.4) is 0 Å². The SMILES string of the molecule is Cc1cc(C(=O)Nc2ccc(C)c(C(=O)Nc3cccc(C(F)(F)F)c3)c2)on1. The number of alkyl halides is 3. The van der Waals surface area contributed by atoms with Gasteiger partial charge in [0.15, 0.2) is 0 Å². The van der Waals surface area contributed by atoms with Crippen LogP contribution in [0.5, 0.6) is 0 Å². The maximum Gasteiger partial charge on any atom is 0.416 e. The number of nitrogens with one attached hydrogen (secondary N) is 2. The zero-order valence-electron chi connectivity index (χ0n) is 15.4. The molecule has 2 N–H and O–H groups in total. The predicted molar refractivity (Wildman–Crippen MR) is 99.8 cm³/mol. The van der Waals surface area contributed by atoms with E-state index in [0.717, 1.165) is 12.1 Å².